The Labute approximate surface area is 154 Å². The van der Waals surface area contributed by atoms with E-state index in [1.54, 1.807) is 13.0 Å². The Morgan fingerprint density at radius 2 is 1.73 bits per heavy atom. The van der Waals surface area contributed by atoms with Crippen LogP contribution in [0.3, 0.4) is 0 Å². The fraction of sp³-hybridized carbons (Fsp3) is 0.750. The molecule has 142 valence electrons. The summed E-state index contributed by atoms with van der Waals surface area (Å²) in [5.74, 6) is 3.00. The van der Waals surface area contributed by atoms with Crippen molar-refractivity contribution in [2.75, 3.05) is 5.32 Å². The number of rotatable bonds is 5. The summed E-state index contributed by atoms with van der Waals surface area (Å²) in [7, 11) is 0. The molecule has 0 unspecified atom stereocenters. The largest absolute Gasteiger partial charge is 0.360 e. The molecule has 2 N–H and O–H groups in total. The summed E-state index contributed by atoms with van der Waals surface area (Å²) in [6.07, 6.45) is 6.89. The molecule has 4 aliphatic rings. The minimum Gasteiger partial charge on any atom is -0.360 e. The molecule has 0 saturated heterocycles. The number of hydrogen-bond donors (Lipinski definition) is 2. The quantitative estimate of drug-likeness (QED) is 0.845. The van der Waals surface area contributed by atoms with E-state index >= 15 is 0 Å². The molecule has 1 aromatic heterocycles. The summed E-state index contributed by atoms with van der Waals surface area (Å²) in [5, 5.41) is 9.67. The lowest BCUT2D eigenvalue weighted by molar-refractivity contribution is -0.148. The summed E-state index contributed by atoms with van der Waals surface area (Å²) in [6, 6.07) is 1.11. The molecule has 4 fully saturated rings. The molecule has 0 aromatic carbocycles. The van der Waals surface area contributed by atoms with Crippen LogP contribution < -0.4 is 10.6 Å². The van der Waals surface area contributed by atoms with Gasteiger partial charge in [-0.25, -0.2) is 0 Å². The van der Waals surface area contributed by atoms with Gasteiger partial charge >= 0.3 is 0 Å². The molecule has 1 heterocycles. The lowest BCUT2D eigenvalue weighted by Gasteiger charge is -2.55. The van der Waals surface area contributed by atoms with Gasteiger partial charge in [-0.1, -0.05) is 19.0 Å². The Morgan fingerprint density at radius 1 is 1.15 bits per heavy atom. The van der Waals surface area contributed by atoms with Crippen molar-refractivity contribution in [3.05, 3.63) is 11.8 Å². The maximum absolute atomic E-state index is 13.2. The van der Waals surface area contributed by atoms with Crippen LogP contribution in [0.4, 0.5) is 5.82 Å². The highest BCUT2D eigenvalue weighted by Crippen LogP contribution is 2.60. The third-order valence-electron chi connectivity index (χ3n) is 6.63. The first-order valence-electron chi connectivity index (χ1n) is 9.90. The van der Waals surface area contributed by atoms with Gasteiger partial charge in [0, 0.05) is 11.5 Å². The number of aryl methyl sites for hydroxylation is 1. The molecule has 6 nitrogen and oxygen atoms in total. The van der Waals surface area contributed by atoms with Gasteiger partial charge in [-0.2, -0.15) is 0 Å². The van der Waals surface area contributed by atoms with E-state index in [0.29, 0.717) is 29.3 Å². The summed E-state index contributed by atoms with van der Waals surface area (Å²) < 4.78 is 5.00. The van der Waals surface area contributed by atoms with E-state index in [-0.39, 0.29) is 23.1 Å². The summed E-state index contributed by atoms with van der Waals surface area (Å²) in [6.45, 7) is 5.69. The van der Waals surface area contributed by atoms with Crippen molar-refractivity contribution in [3.8, 4) is 0 Å². The Hall–Kier alpha value is -1.85. The average Bonchev–Trinajstić information content (AvgIpc) is 2.95. The Kier molecular flexibility index (Phi) is 4.32. The third kappa shape index (κ3) is 3.14. The monoisotopic (exact) mass is 359 g/mol. The van der Waals surface area contributed by atoms with Crippen molar-refractivity contribution in [2.45, 2.75) is 65.3 Å². The minimum absolute atomic E-state index is 0.000797. The highest BCUT2D eigenvalue weighted by atomic mass is 16.5. The molecule has 4 bridgehead atoms. The van der Waals surface area contributed by atoms with E-state index < -0.39 is 6.04 Å². The van der Waals surface area contributed by atoms with Crippen LogP contribution in [0.15, 0.2) is 10.6 Å². The zero-order chi connectivity index (χ0) is 18.5. The first-order valence-corrected chi connectivity index (χ1v) is 9.90. The maximum atomic E-state index is 13.2. The SMILES string of the molecule is Cc1cc(NC(=O)[C@H](NC(=O)C23CC4CC(CC(C4)C2)C3)C(C)C)no1. The molecule has 1 atom stereocenters. The van der Waals surface area contributed by atoms with Gasteiger partial charge in [0.25, 0.3) is 0 Å². The van der Waals surface area contributed by atoms with Gasteiger partial charge < -0.3 is 15.2 Å². The van der Waals surface area contributed by atoms with Crippen molar-refractivity contribution in [1.82, 2.24) is 10.5 Å². The Bertz CT molecular complexity index is 674. The van der Waals surface area contributed by atoms with Crippen molar-refractivity contribution in [1.29, 1.82) is 0 Å². The first kappa shape index (κ1) is 17.6. The number of aromatic nitrogens is 1. The molecule has 5 rings (SSSR count). The molecule has 4 saturated carbocycles. The summed E-state index contributed by atoms with van der Waals surface area (Å²) in [4.78, 5) is 26.0. The van der Waals surface area contributed by atoms with E-state index in [2.05, 4.69) is 15.8 Å². The molecular weight excluding hydrogens is 330 g/mol. The fourth-order valence-electron chi connectivity index (χ4n) is 5.85. The Morgan fingerprint density at radius 3 is 2.19 bits per heavy atom. The van der Waals surface area contributed by atoms with Gasteiger partial charge in [0.05, 0.1) is 0 Å². The van der Waals surface area contributed by atoms with Crippen LogP contribution in [0.1, 0.15) is 58.1 Å². The molecular formula is C20H29N3O3. The van der Waals surface area contributed by atoms with Gasteiger partial charge in [-0.3, -0.25) is 9.59 Å². The summed E-state index contributed by atoms with van der Waals surface area (Å²) in [5.41, 5.74) is -0.243. The van der Waals surface area contributed by atoms with Crippen LogP contribution in [0.2, 0.25) is 0 Å². The number of carbonyl (C=O) groups is 2. The predicted octanol–water partition coefficient (Wildman–Crippen LogP) is 3.28. The van der Waals surface area contributed by atoms with Crippen molar-refractivity contribution in [2.24, 2.45) is 29.1 Å². The van der Waals surface area contributed by atoms with Gasteiger partial charge in [0.2, 0.25) is 11.8 Å². The lowest BCUT2D eigenvalue weighted by Crippen LogP contribution is -2.57. The van der Waals surface area contributed by atoms with Crippen molar-refractivity contribution in [3.63, 3.8) is 0 Å². The minimum atomic E-state index is -0.562. The number of nitrogens with one attached hydrogen (secondary N) is 2. The van der Waals surface area contributed by atoms with Crippen LogP contribution in [-0.2, 0) is 9.59 Å². The average molecular weight is 359 g/mol. The predicted molar refractivity (Wildman–Crippen MR) is 97.2 cm³/mol. The Balaban J connectivity index is 1.46. The highest BCUT2D eigenvalue weighted by molar-refractivity contribution is 5.97. The fourth-order valence-corrected chi connectivity index (χ4v) is 5.85. The molecule has 4 aliphatic carbocycles. The molecule has 6 heteroatoms. The topological polar surface area (TPSA) is 84.2 Å². The van der Waals surface area contributed by atoms with E-state index in [9.17, 15) is 9.59 Å². The van der Waals surface area contributed by atoms with Crippen LogP contribution in [0, 0.1) is 36.0 Å². The van der Waals surface area contributed by atoms with Crippen LogP contribution in [0.25, 0.3) is 0 Å². The van der Waals surface area contributed by atoms with Crippen LogP contribution in [0.5, 0.6) is 0 Å². The third-order valence-corrected chi connectivity index (χ3v) is 6.63. The molecule has 1 aromatic rings. The zero-order valence-electron chi connectivity index (χ0n) is 15.9. The van der Waals surface area contributed by atoms with Crippen LogP contribution in [-0.4, -0.2) is 23.0 Å². The lowest BCUT2D eigenvalue weighted by atomic mass is 9.49. The van der Waals surface area contributed by atoms with Gasteiger partial charge in [-0.15, -0.1) is 0 Å². The highest BCUT2D eigenvalue weighted by Gasteiger charge is 2.55. The number of nitrogens with zero attached hydrogens (tertiary/aromatic N) is 1. The van der Waals surface area contributed by atoms with Crippen molar-refractivity contribution < 1.29 is 14.1 Å². The zero-order valence-corrected chi connectivity index (χ0v) is 15.9. The number of anilines is 1. The van der Waals surface area contributed by atoms with E-state index in [1.165, 1.54) is 19.3 Å². The van der Waals surface area contributed by atoms with E-state index in [0.717, 1.165) is 19.3 Å². The first-order chi connectivity index (χ1) is 12.3. The summed E-state index contributed by atoms with van der Waals surface area (Å²) >= 11 is 0. The van der Waals surface area contributed by atoms with E-state index in [1.807, 2.05) is 13.8 Å². The second kappa shape index (κ2) is 6.39. The second-order valence-electron chi connectivity index (χ2n) is 9.21. The molecule has 2 amide bonds. The van der Waals surface area contributed by atoms with Crippen molar-refractivity contribution >= 4 is 17.6 Å². The number of carbonyl (C=O) groups excluding carboxylic acids is 2. The van der Waals surface area contributed by atoms with Gasteiger partial charge in [0.1, 0.15) is 11.8 Å². The maximum Gasteiger partial charge on any atom is 0.248 e. The van der Waals surface area contributed by atoms with Gasteiger partial charge in [0.15, 0.2) is 5.82 Å². The molecule has 0 spiro atoms. The second-order valence-corrected chi connectivity index (χ2v) is 9.21. The standard InChI is InChI=1S/C20H29N3O3/c1-11(2)17(18(24)21-16-4-12(3)26-23-16)22-19(25)20-8-13-5-14(9-20)7-15(6-13)10-20/h4,11,13-15,17H,5-10H2,1-3H3,(H,22,25)(H,21,23,24)/t13?,14?,15?,17-,20?/m1/s1. The van der Waals surface area contributed by atoms with Crippen LogP contribution >= 0.6 is 0 Å². The smallest absolute Gasteiger partial charge is 0.248 e. The van der Waals surface area contributed by atoms with Gasteiger partial charge in [-0.05, 0) is 69.1 Å². The molecule has 26 heavy (non-hydrogen) atoms. The van der Waals surface area contributed by atoms with E-state index in [4.69, 9.17) is 4.52 Å². The number of amides is 2. The normalized spacial score (nSPS) is 33.3. The molecule has 0 aliphatic heterocycles. The molecule has 0 radical (unpaired) electrons. The number of hydrogen-bond acceptors (Lipinski definition) is 4.